The molecule has 0 unspecified atom stereocenters. The van der Waals surface area contributed by atoms with Crippen molar-refractivity contribution in [3.63, 3.8) is 0 Å². The molecular weight excluding hydrogens is 264 g/mol. The average Bonchev–Trinajstić information content (AvgIpc) is 2.55. The van der Waals surface area contributed by atoms with Gasteiger partial charge in [0, 0.05) is 18.8 Å². The van der Waals surface area contributed by atoms with Crippen LogP contribution < -0.4 is 10.2 Å². The van der Waals surface area contributed by atoms with Crippen molar-refractivity contribution in [1.82, 2.24) is 10.2 Å². The third kappa shape index (κ3) is 3.66. The Balaban J connectivity index is 2.16. The van der Waals surface area contributed by atoms with Gasteiger partial charge in [-0.3, -0.25) is 4.79 Å². The van der Waals surface area contributed by atoms with E-state index in [1.807, 2.05) is 37.3 Å². The second kappa shape index (κ2) is 7.19. The van der Waals surface area contributed by atoms with Crippen LogP contribution in [-0.4, -0.2) is 29.2 Å². The van der Waals surface area contributed by atoms with Gasteiger partial charge >= 0.3 is 0 Å². The van der Waals surface area contributed by atoms with Gasteiger partial charge in [-0.05, 0) is 31.2 Å². The summed E-state index contributed by atoms with van der Waals surface area (Å²) in [5.41, 5.74) is 1.17. The number of rotatable bonds is 6. The minimum atomic E-state index is -0.161. The highest BCUT2D eigenvalue weighted by Gasteiger charge is 2.17. The van der Waals surface area contributed by atoms with Gasteiger partial charge in [-0.2, -0.15) is 0 Å². The van der Waals surface area contributed by atoms with Crippen molar-refractivity contribution in [3.8, 4) is 0 Å². The maximum atomic E-state index is 12.5. The molecule has 2 aromatic rings. The number of para-hydroxylation sites is 1. The number of amides is 1. The smallest absolute Gasteiger partial charge is 0.278 e. The van der Waals surface area contributed by atoms with E-state index in [0.717, 1.165) is 5.69 Å². The molecule has 0 aliphatic carbocycles. The molecule has 5 heteroatoms. The van der Waals surface area contributed by atoms with Crippen molar-refractivity contribution in [2.45, 2.75) is 6.92 Å². The highest BCUT2D eigenvalue weighted by molar-refractivity contribution is 6.04. The molecule has 0 atom stereocenters. The summed E-state index contributed by atoms with van der Waals surface area (Å²) in [6, 6.07) is 12.9. The van der Waals surface area contributed by atoms with Gasteiger partial charge in [0.05, 0.1) is 0 Å². The first-order valence-electron chi connectivity index (χ1n) is 6.81. The number of hydrogen-bond donors (Lipinski definition) is 1. The van der Waals surface area contributed by atoms with Crippen LogP contribution in [0.4, 0.5) is 11.5 Å². The second-order valence-corrected chi connectivity index (χ2v) is 4.36. The minimum absolute atomic E-state index is 0.161. The van der Waals surface area contributed by atoms with Crippen LogP contribution in [-0.2, 0) is 0 Å². The molecule has 0 aliphatic rings. The average molecular weight is 282 g/mol. The fourth-order valence-electron chi connectivity index (χ4n) is 1.91. The number of hydrogen-bond acceptors (Lipinski definition) is 4. The van der Waals surface area contributed by atoms with Crippen LogP contribution in [0.5, 0.6) is 0 Å². The zero-order valence-corrected chi connectivity index (χ0v) is 12.0. The Kier molecular flexibility index (Phi) is 5.04. The Labute approximate surface area is 124 Å². The van der Waals surface area contributed by atoms with Gasteiger partial charge in [0.25, 0.3) is 5.91 Å². The lowest BCUT2D eigenvalue weighted by Crippen LogP contribution is -2.31. The Hall–Kier alpha value is -2.69. The van der Waals surface area contributed by atoms with Crippen molar-refractivity contribution in [3.05, 3.63) is 60.8 Å². The quantitative estimate of drug-likeness (QED) is 0.828. The van der Waals surface area contributed by atoms with Crippen LogP contribution in [0, 0.1) is 0 Å². The molecule has 0 aliphatic heterocycles. The van der Waals surface area contributed by atoms with Gasteiger partial charge in [0.1, 0.15) is 5.82 Å². The summed E-state index contributed by atoms with van der Waals surface area (Å²) in [7, 11) is 0. The number of benzene rings is 1. The molecule has 5 nitrogen and oxygen atoms in total. The van der Waals surface area contributed by atoms with Crippen molar-refractivity contribution in [1.29, 1.82) is 0 Å². The molecule has 1 aromatic heterocycles. The van der Waals surface area contributed by atoms with E-state index in [-0.39, 0.29) is 5.91 Å². The first-order chi connectivity index (χ1) is 10.3. The van der Waals surface area contributed by atoms with Gasteiger partial charge in [0.15, 0.2) is 5.69 Å². The van der Waals surface area contributed by atoms with Crippen molar-refractivity contribution >= 4 is 17.4 Å². The number of carbonyl (C=O) groups is 1. The zero-order valence-electron chi connectivity index (χ0n) is 12.0. The number of nitrogens with zero attached hydrogens (tertiary/aromatic N) is 3. The van der Waals surface area contributed by atoms with Crippen LogP contribution in [0.3, 0.4) is 0 Å². The first kappa shape index (κ1) is 14.7. The molecule has 2 rings (SSSR count). The summed E-state index contributed by atoms with van der Waals surface area (Å²) >= 11 is 0. The maximum absolute atomic E-state index is 12.5. The van der Waals surface area contributed by atoms with Crippen LogP contribution in [0.25, 0.3) is 0 Å². The summed E-state index contributed by atoms with van der Waals surface area (Å²) in [6.45, 7) is 6.72. The summed E-state index contributed by atoms with van der Waals surface area (Å²) in [6.07, 6.45) is 1.73. The number of anilines is 2. The molecule has 108 valence electrons. The van der Waals surface area contributed by atoms with Crippen LogP contribution in [0.2, 0.25) is 0 Å². The van der Waals surface area contributed by atoms with E-state index in [1.54, 1.807) is 23.1 Å². The topological polar surface area (TPSA) is 58.1 Å². The maximum Gasteiger partial charge on any atom is 0.278 e. The van der Waals surface area contributed by atoms with Gasteiger partial charge in [-0.25, -0.2) is 0 Å². The highest BCUT2D eigenvalue weighted by Crippen LogP contribution is 2.15. The van der Waals surface area contributed by atoms with Crippen molar-refractivity contribution < 1.29 is 4.79 Å². The molecular formula is C16H18N4O. The van der Waals surface area contributed by atoms with E-state index in [0.29, 0.717) is 24.6 Å². The second-order valence-electron chi connectivity index (χ2n) is 4.36. The molecule has 0 saturated carbocycles. The van der Waals surface area contributed by atoms with Crippen molar-refractivity contribution in [2.75, 3.05) is 23.3 Å². The van der Waals surface area contributed by atoms with Crippen LogP contribution >= 0.6 is 0 Å². The van der Waals surface area contributed by atoms with Crippen LogP contribution in [0.15, 0.2) is 55.1 Å². The van der Waals surface area contributed by atoms with E-state index in [1.165, 1.54) is 0 Å². The molecule has 0 bridgehead atoms. The van der Waals surface area contributed by atoms with E-state index in [4.69, 9.17) is 0 Å². The molecule has 0 spiro atoms. The fraction of sp³-hybridized carbons (Fsp3) is 0.188. The first-order valence-corrected chi connectivity index (χ1v) is 6.81. The Morgan fingerprint density at radius 3 is 2.57 bits per heavy atom. The molecule has 0 fully saturated rings. The lowest BCUT2D eigenvalue weighted by atomic mass is 10.2. The van der Waals surface area contributed by atoms with Gasteiger partial charge in [0.2, 0.25) is 0 Å². The summed E-state index contributed by atoms with van der Waals surface area (Å²) in [4.78, 5) is 14.2. The predicted octanol–water partition coefficient (Wildman–Crippen LogP) is 2.74. The molecule has 0 saturated heterocycles. The van der Waals surface area contributed by atoms with Gasteiger partial charge in [-0.15, -0.1) is 16.8 Å². The lowest BCUT2D eigenvalue weighted by Gasteiger charge is -2.20. The standard InChI is InChI=1S/C16H18N4O/c1-3-12-17-15-11-10-14(18-19-15)16(21)20(4-2)13-8-6-5-7-9-13/h3,5-11H,1,4,12H2,2H3,(H,17,19). The summed E-state index contributed by atoms with van der Waals surface area (Å²) in [5, 5.41) is 11.0. The summed E-state index contributed by atoms with van der Waals surface area (Å²) in [5.74, 6) is 0.459. The monoisotopic (exact) mass is 282 g/mol. The molecule has 1 N–H and O–H groups in total. The normalized spacial score (nSPS) is 9.95. The third-order valence-corrected chi connectivity index (χ3v) is 2.94. The Morgan fingerprint density at radius 2 is 2.00 bits per heavy atom. The number of aromatic nitrogens is 2. The Morgan fingerprint density at radius 1 is 1.24 bits per heavy atom. The largest absolute Gasteiger partial charge is 0.365 e. The molecule has 1 amide bonds. The lowest BCUT2D eigenvalue weighted by molar-refractivity contribution is 0.0982. The summed E-state index contributed by atoms with van der Waals surface area (Å²) < 4.78 is 0. The van der Waals surface area contributed by atoms with Crippen LogP contribution in [0.1, 0.15) is 17.4 Å². The molecule has 0 radical (unpaired) electrons. The van der Waals surface area contributed by atoms with Crippen molar-refractivity contribution in [2.24, 2.45) is 0 Å². The SMILES string of the molecule is C=CCNc1ccc(C(=O)N(CC)c2ccccc2)nn1. The molecule has 1 heterocycles. The third-order valence-electron chi connectivity index (χ3n) is 2.94. The van der Waals surface area contributed by atoms with Gasteiger partial charge < -0.3 is 10.2 Å². The van der Waals surface area contributed by atoms with E-state index in [9.17, 15) is 4.79 Å². The molecule has 21 heavy (non-hydrogen) atoms. The zero-order chi connectivity index (χ0) is 15.1. The van der Waals surface area contributed by atoms with E-state index >= 15 is 0 Å². The minimum Gasteiger partial charge on any atom is -0.365 e. The number of carbonyl (C=O) groups excluding carboxylic acids is 1. The highest BCUT2D eigenvalue weighted by atomic mass is 16.2. The van der Waals surface area contributed by atoms with E-state index < -0.39 is 0 Å². The Bertz CT molecular complexity index is 595. The fourth-order valence-corrected chi connectivity index (χ4v) is 1.91. The van der Waals surface area contributed by atoms with E-state index in [2.05, 4.69) is 22.1 Å². The predicted molar refractivity (Wildman–Crippen MR) is 84.5 cm³/mol. The molecule has 1 aromatic carbocycles. The van der Waals surface area contributed by atoms with Gasteiger partial charge in [-0.1, -0.05) is 24.3 Å². The number of nitrogens with one attached hydrogen (secondary N) is 1.